The predicted octanol–water partition coefficient (Wildman–Crippen LogP) is 0.934. The summed E-state index contributed by atoms with van der Waals surface area (Å²) >= 11 is 0. The Morgan fingerprint density at radius 3 is 2.75 bits per heavy atom. The van der Waals surface area contributed by atoms with Gasteiger partial charge in [0.05, 0.1) is 0 Å². The number of hydrogen-bond donors (Lipinski definition) is 1. The molecular weight excluding hydrogens is 198 g/mol. The Morgan fingerprint density at radius 2 is 1.94 bits per heavy atom. The number of nitrogens with zero attached hydrogens (tertiary/aromatic N) is 2. The van der Waals surface area contributed by atoms with E-state index in [2.05, 4.69) is 28.2 Å². The van der Waals surface area contributed by atoms with Gasteiger partial charge in [0.25, 0.3) is 0 Å². The smallest absolute Gasteiger partial charge is 0.0166 e. The summed E-state index contributed by atoms with van der Waals surface area (Å²) < 4.78 is 0. The monoisotopic (exact) mass is 223 g/mol. The molecule has 2 heterocycles. The van der Waals surface area contributed by atoms with Crippen molar-refractivity contribution in [3.8, 4) is 0 Å². The van der Waals surface area contributed by atoms with E-state index in [1.54, 1.807) is 5.57 Å². The third-order valence-corrected chi connectivity index (χ3v) is 3.71. The molecule has 0 aromatic rings. The van der Waals surface area contributed by atoms with Crippen LogP contribution in [0.4, 0.5) is 0 Å². The predicted molar refractivity (Wildman–Crippen MR) is 68.7 cm³/mol. The fraction of sp³-hybridized carbons (Fsp3) is 0.846. The second kappa shape index (κ2) is 6.38. The zero-order valence-corrected chi connectivity index (χ0v) is 10.5. The van der Waals surface area contributed by atoms with Crippen LogP contribution in [-0.4, -0.2) is 62.7 Å². The van der Waals surface area contributed by atoms with Gasteiger partial charge in [-0.2, -0.15) is 0 Å². The highest BCUT2D eigenvalue weighted by Gasteiger charge is 2.12. The van der Waals surface area contributed by atoms with Crippen LogP contribution in [0.1, 0.15) is 19.3 Å². The van der Waals surface area contributed by atoms with E-state index >= 15 is 0 Å². The fourth-order valence-corrected chi connectivity index (χ4v) is 2.43. The molecule has 0 unspecified atom stereocenters. The first-order chi connectivity index (χ1) is 7.84. The average molecular weight is 223 g/mol. The summed E-state index contributed by atoms with van der Waals surface area (Å²) in [5.41, 5.74) is 1.67. The first kappa shape index (κ1) is 12.1. The lowest BCUT2D eigenvalue weighted by Gasteiger charge is -2.31. The molecule has 16 heavy (non-hydrogen) atoms. The number of piperazine rings is 1. The largest absolute Gasteiger partial charge is 0.316 e. The van der Waals surface area contributed by atoms with Crippen molar-refractivity contribution >= 4 is 0 Å². The SMILES string of the molecule is CN1CCN(C/C=C2\CCCNCC2)CC1. The van der Waals surface area contributed by atoms with Gasteiger partial charge in [0, 0.05) is 32.7 Å². The van der Waals surface area contributed by atoms with E-state index in [0.29, 0.717) is 0 Å². The molecule has 0 spiro atoms. The van der Waals surface area contributed by atoms with Crippen LogP contribution in [0.15, 0.2) is 11.6 Å². The Balaban J connectivity index is 1.74. The van der Waals surface area contributed by atoms with Gasteiger partial charge in [0.1, 0.15) is 0 Å². The summed E-state index contributed by atoms with van der Waals surface area (Å²) in [5.74, 6) is 0. The van der Waals surface area contributed by atoms with Gasteiger partial charge in [-0.05, 0) is 39.4 Å². The average Bonchev–Trinajstić information content (AvgIpc) is 2.57. The van der Waals surface area contributed by atoms with Crippen molar-refractivity contribution < 1.29 is 0 Å². The Labute approximate surface area is 99.5 Å². The molecule has 1 N–H and O–H groups in total. The first-order valence-electron chi connectivity index (χ1n) is 6.64. The number of likely N-dealkylation sites (N-methyl/N-ethyl adjacent to an activating group) is 1. The molecule has 2 fully saturated rings. The molecular formula is C13H25N3. The molecule has 2 saturated heterocycles. The van der Waals surface area contributed by atoms with E-state index in [1.165, 1.54) is 65.1 Å². The van der Waals surface area contributed by atoms with E-state index in [-0.39, 0.29) is 0 Å². The van der Waals surface area contributed by atoms with Gasteiger partial charge < -0.3 is 10.2 Å². The molecule has 0 amide bonds. The molecule has 3 nitrogen and oxygen atoms in total. The maximum Gasteiger partial charge on any atom is 0.0166 e. The van der Waals surface area contributed by atoms with Gasteiger partial charge in [-0.3, -0.25) is 4.90 Å². The molecule has 0 aromatic carbocycles. The lowest BCUT2D eigenvalue weighted by Crippen LogP contribution is -2.44. The molecule has 0 saturated carbocycles. The molecule has 0 radical (unpaired) electrons. The van der Waals surface area contributed by atoms with Crippen LogP contribution in [0.25, 0.3) is 0 Å². The quantitative estimate of drug-likeness (QED) is 0.703. The van der Waals surface area contributed by atoms with Gasteiger partial charge in [-0.25, -0.2) is 0 Å². The molecule has 3 heteroatoms. The second-order valence-corrected chi connectivity index (χ2v) is 5.07. The van der Waals surface area contributed by atoms with Crippen molar-refractivity contribution in [3.63, 3.8) is 0 Å². The molecule has 0 bridgehead atoms. The van der Waals surface area contributed by atoms with E-state index < -0.39 is 0 Å². The Morgan fingerprint density at radius 1 is 1.12 bits per heavy atom. The van der Waals surface area contributed by atoms with Crippen molar-refractivity contribution in [2.75, 3.05) is 52.9 Å². The lowest BCUT2D eigenvalue weighted by molar-refractivity contribution is 0.166. The molecule has 2 aliphatic heterocycles. The van der Waals surface area contributed by atoms with Crippen molar-refractivity contribution in [3.05, 3.63) is 11.6 Å². The van der Waals surface area contributed by atoms with Gasteiger partial charge in [-0.1, -0.05) is 11.6 Å². The number of nitrogens with one attached hydrogen (secondary N) is 1. The molecule has 2 aliphatic rings. The van der Waals surface area contributed by atoms with E-state index in [4.69, 9.17) is 0 Å². The van der Waals surface area contributed by atoms with Crippen molar-refractivity contribution in [2.24, 2.45) is 0 Å². The third-order valence-electron chi connectivity index (χ3n) is 3.71. The highest BCUT2D eigenvalue weighted by Crippen LogP contribution is 2.12. The minimum absolute atomic E-state index is 1.17. The Hall–Kier alpha value is -0.380. The zero-order valence-electron chi connectivity index (χ0n) is 10.5. The van der Waals surface area contributed by atoms with Crippen LogP contribution < -0.4 is 5.32 Å². The van der Waals surface area contributed by atoms with E-state index in [1.807, 2.05) is 0 Å². The summed E-state index contributed by atoms with van der Waals surface area (Å²) in [6.07, 6.45) is 6.36. The number of rotatable bonds is 2. The molecule has 0 aliphatic carbocycles. The van der Waals surface area contributed by atoms with Crippen molar-refractivity contribution in [2.45, 2.75) is 19.3 Å². The lowest BCUT2D eigenvalue weighted by atomic mass is 10.1. The Kier molecular flexibility index (Phi) is 4.82. The molecule has 92 valence electrons. The third kappa shape index (κ3) is 3.89. The van der Waals surface area contributed by atoms with Crippen molar-refractivity contribution in [1.29, 1.82) is 0 Å². The summed E-state index contributed by atoms with van der Waals surface area (Å²) in [5, 5.41) is 3.46. The summed E-state index contributed by atoms with van der Waals surface area (Å²) in [6.45, 7) is 8.47. The van der Waals surface area contributed by atoms with Crippen LogP contribution in [-0.2, 0) is 0 Å². The molecule has 0 atom stereocenters. The van der Waals surface area contributed by atoms with E-state index in [9.17, 15) is 0 Å². The Bertz CT molecular complexity index is 219. The van der Waals surface area contributed by atoms with Crippen LogP contribution in [0.5, 0.6) is 0 Å². The fourth-order valence-electron chi connectivity index (χ4n) is 2.43. The standard InChI is InChI=1S/C13H25N3/c1-15-9-11-16(12-10-15)8-5-13-3-2-6-14-7-4-13/h5,14H,2-4,6-12H2,1H3/b13-5+. The minimum atomic E-state index is 1.17. The van der Waals surface area contributed by atoms with Crippen LogP contribution in [0.2, 0.25) is 0 Å². The van der Waals surface area contributed by atoms with Crippen LogP contribution in [0, 0.1) is 0 Å². The van der Waals surface area contributed by atoms with Gasteiger partial charge in [-0.15, -0.1) is 0 Å². The first-order valence-corrected chi connectivity index (χ1v) is 6.64. The highest BCUT2D eigenvalue weighted by atomic mass is 15.2. The topological polar surface area (TPSA) is 18.5 Å². The molecule has 0 aromatic heterocycles. The molecule has 2 rings (SSSR count). The maximum atomic E-state index is 3.46. The summed E-state index contributed by atoms with van der Waals surface area (Å²) in [6, 6.07) is 0. The van der Waals surface area contributed by atoms with Crippen molar-refractivity contribution in [1.82, 2.24) is 15.1 Å². The maximum absolute atomic E-state index is 3.46. The zero-order chi connectivity index (χ0) is 11.2. The minimum Gasteiger partial charge on any atom is -0.316 e. The van der Waals surface area contributed by atoms with Crippen LogP contribution >= 0.6 is 0 Å². The second-order valence-electron chi connectivity index (χ2n) is 5.07. The van der Waals surface area contributed by atoms with Gasteiger partial charge >= 0.3 is 0 Å². The normalized spacial score (nSPS) is 28.2. The van der Waals surface area contributed by atoms with Gasteiger partial charge in [0.2, 0.25) is 0 Å². The van der Waals surface area contributed by atoms with E-state index in [0.717, 1.165) is 0 Å². The highest BCUT2D eigenvalue weighted by molar-refractivity contribution is 5.05. The summed E-state index contributed by atoms with van der Waals surface area (Å²) in [7, 11) is 2.22. The van der Waals surface area contributed by atoms with Gasteiger partial charge in [0.15, 0.2) is 0 Å². The summed E-state index contributed by atoms with van der Waals surface area (Å²) in [4.78, 5) is 4.99. The van der Waals surface area contributed by atoms with Crippen LogP contribution in [0.3, 0.4) is 0 Å². The number of hydrogen-bond acceptors (Lipinski definition) is 3.